The van der Waals surface area contributed by atoms with E-state index >= 15 is 0 Å². The number of sulfonamides is 1. The summed E-state index contributed by atoms with van der Waals surface area (Å²) in [4.78, 5) is 14.6. The largest absolute Gasteiger partial charge is 0.495 e. The maximum atomic E-state index is 13.0. The molecule has 0 aliphatic rings. The molecule has 0 saturated carbocycles. The number of para-hydroxylation sites is 2. The van der Waals surface area contributed by atoms with Crippen LogP contribution in [0.1, 0.15) is 15.9 Å². The van der Waals surface area contributed by atoms with Gasteiger partial charge in [0.05, 0.1) is 17.7 Å². The monoisotopic (exact) mass is 453 g/mol. The van der Waals surface area contributed by atoms with Crippen LogP contribution in [0.4, 0.5) is 11.4 Å². The lowest BCUT2D eigenvalue weighted by atomic mass is 10.2. The van der Waals surface area contributed by atoms with Gasteiger partial charge in [0, 0.05) is 38.9 Å². The minimum Gasteiger partial charge on any atom is -0.495 e. The predicted octanol–water partition coefficient (Wildman–Crippen LogP) is 3.52. The third kappa shape index (κ3) is 5.03. The highest BCUT2D eigenvalue weighted by Gasteiger charge is 2.23. The summed E-state index contributed by atoms with van der Waals surface area (Å²) in [5.74, 6) is 0.178. The molecule has 0 radical (unpaired) electrons. The van der Waals surface area contributed by atoms with Gasteiger partial charge in [0.15, 0.2) is 0 Å². The molecular weight excluding hydrogens is 426 g/mol. The number of methoxy groups -OCH3 is 1. The fourth-order valence-corrected chi connectivity index (χ4v) is 4.36. The van der Waals surface area contributed by atoms with Gasteiger partial charge in [-0.05, 0) is 54.1 Å². The zero-order valence-corrected chi connectivity index (χ0v) is 19.4. The second-order valence-electron chi connectivity index (χ2n) is 7.41. The van der Waals surface area contributed by atoms with Crippen LogP contribution in [0.3, 0.4) is 0 Å². The smallest absolute Gasteiger partial charge is 0.264 e. The van der Waals surface area contributed by atoms with Crippen molar-refractivity contribution in [3.63, 3.8) is 0 Å². The summed E-state index contributed by atoms with van der Waals surface area (Å²) < 4.78 is 32.5. The molecular formula is C24H27N3O4S. The first-order valence-electron chi connectivity index (χ1n) is 10.0. The van der Waals surface area contributed by atoms with E-state index in [4.69, 9.17) is 4.74 Å². The van der Waals surface area contributed by atoms with Crippen molar-refractivity contribution < 1.29 is 17.9 Å². The van der Waals surface area contributed by atoms with Gasteiger partial charge in [0.2, 0.25) is 0 Å². The third-order valence-corrected chi connectivity index (χ3v) is 6.89. The summed E-state index contributed by atoms with van der Waals surface area (Å²) in [6, 6.07) is 20.6. The van der Waals surface area contributed by atoms with Crippen LogP contribution in [0.2, 0.25) is 0 Å². The van der Waals surface area contributed by atoms with Crippen molar-refractivity contribution in [2.45, 2.75) is 11.4 Å². The first-order valence-corrected chi connectivity index (χ1v) is 11.4. The van der Waals surface area contributed by atoms with Gasteiger partial charge in [-0.1, -0.05) is 24.3 Å². The highest BCUT2D eigenvalue weighted by Crippen LogP contribution is 2.30. The standard InChI is InChI=1S/C24H27N3O4S/c1-26(2)20-13-9-18(10-14-20)17-25-24(28)19-11-15-21(16-12-19)32(29,30)27(3)22-7-5-6-8-23(22)31-4/h5-16H,17H2,1-4H3,(H,25,28). The number of hydrogen-bond donors (Lipinski definition) is 1. The van der Waals surface area contributed by atoms with Crippen LogP contribution < -0.4 is 19.3 Å². The Balaban J connectivity index is 1.70. The normalized spacial score (nSPS) is 11.0. The van der Waals surface area contributed by atoms with E-state index in [-0.39, 0.29) is 10.8 Å². The van der Waals surface area contributed by atoms with Gasteiger partial charge in [-0.3, -0.25) is 9.10 Å². The number of rotatable bonds is 8. The zero-order valence-electron chi connectivity index (χ0n) is 18.6. The van der Waals surface area contributed by atoms with Gasteiger partial charge >= 0.3 is 0 Å². The number of amides is 1. The van der Waals surface area contributed by atoms with E-state index in [1.54, 1.807) is 24.3 Å². The number of ether oxygens (including phenoxy) is 1. The molecule has 0 aromatic heterocycles. The van der Waals surface area contributed by atoms with Gasteiger partial charge in [-0.15, -0.1) is 0 Å². The van der Waals surface area contributed by atoms with Gasteiger partial charge in [-0.2, -0.15) is 0 Å². The van der Waals surface area contributed by atoms with Crippen molar-refractivity contribution in [2.75, 3.05) is 37.5 Å². The quantitative estimate of drug-likeness (QED) is 0.565. The minimum absolute atomic E-state index is 0.0849. The topological polar surface area (TPSA) is 78.9 Å². The van der Waals surface area contributed by atoms with E-state index in [2.05, 4.69) is 5.32 Å². The number of nitrogens with one attached hydrogen (secondary N) is 1. The molecule has 8 heteroatoms. The fraction of sp³-hybridized carbons (Fsp3) is 0.208. The number of carbonyl (C=O) groups excluding carboxylic acids is 1. The highest BCUT2D eigenvalue weighted by atomic mass is 32.2. The van der Waals surface area contributed by atoms with E-state index in [0.29, 0.717) is 23.5 Å². The average molecular weight is 454 g/mol. The molecule has 7 nitrogen and oxygen atoms in total. The van der Waals surface area contributed by atoms with Crippen LogP contribution in [0.5, 0.6) is 5.75 Å². The summed E-state index contributed by atoms with van der Waals surface area (Å²) in [6.45, 7) is 0.378. The van der Waals surface area contributed by atoms with Crippen molar-refractivity contribution in [3.8, 4) is 5.75 Å². The SMILES string of the molecule is COc1ccccc1N(C)S(=O)(=O)c1ccc(C(=O)NCc2ccc(N(C)C)cc2)cc1. The highest BCUT2D eigenvalue weighted by molar-refractivity contribution is 7.92. The maximum absolute atomic E-state index is 13.0. The molecule has 3 aromatic carbocycles. The molecule has 3 rings (SSSR count). The maximum Gasteiger partial charge on any atom is 0.264 e. The molecule has 32 heavy (non-hydrogen) atoms. The second kappa shape index (κ2) is 9.74. The number of hydrogen-bond acceptors (Lipinski definition) is 5. The fourth-order valence-electron chi connectivity index (χ4n) is 3.15. The molecule has 0 aliphatic carbocycles. The Labute approximate surface area is 189 Å². The Morgan fingerprint density at radius 2 is 1.53 bits per heavy atom. The lowest BCUT2D eigenvalue weighted by molar-refractivity contribution is 0.0951. The van der Waals surface area contributed by atoms with Crippen LogP contribution in [-0.4, -0.2) is 42.6 Å². The Hall–Kier alpha value is -3.52. The van der Waals surface area contributed by atoms with Gasteiger partial charge in [-0.25, -0.2) is 8.42 Å². The average Bonchev–Trinajstić information content (AvgIpc) is 2.82. The third-order valence-electron chi connectivity index (χ3n) is 5.11. The number of benzene rings is 3. The second-order valence-corrected chi connectivity index (χ2v) is 9.38. The first kappa shape index (κ1) is 23.1. The molecule has 3 aromatic rings. The lowest BCUT2D eigenvalue weighted by Gasteiger charge is -2.21. The Bertz CT molecular complexity index is 1170. The Kier molecular flexibility index (Phi) is 7.05. The molecule has 0 atom stereocenters. The van der Waals surface area contributed by atoms with Crippen LogP contribution >= 0.6 is 0 Å². The summed E-state index contributed by atoms with van der Waals surface area (Å²) in [7, 11) is 3.08. The molecule has 1 amide bonds. The van der Waals surface area contributed by atoms with Crippen molar-refractivity contribution in [2.24, 2.45) is 0 Å². The van der Waals surface area contributed by atoms with Crippen molar-refractivity contribution >= 4 is 27.3 Å². The predicted molar refractivity (Wildman–Crippen MR) is 127 cm³/mol. The van der Waals surface area contributed by atoms with E-state index in [1.165, 1.54) is 38.4 Å². The molecule has 168 valence electrons. The van der Waals surface area contributed by atoms with Crippen LogP contribution in [0, 0.1) is 0 Å². The summed E-state index contributed by atoms with van der Waals surface area (Å²) >= 11 is 0. The summed E-state index contributed by atoms with van der Waals surface area (Å²) in [5.41, 5.74) is 2.86. The van der Waals surface area contributed by atoms with Gasteiger partial charge in [0.25, 0.3) is 15.9 Å². The van der Waals surface area contributed by atoms with E-state index in [0.717, 1.165) is 15.6 Å². The zero-order chi connectivity index (χ0) is 23.3. The van der Waals surface area contributed by atoms with Crippen molar-refractivity contribution in [3.05, 3.63) is 83.9 Å². The van der Waals surface area contributed by atoms with Crippen LogP contribution in [0.25, 0.3) is 0 Å². The molecule has 0 aliphatic heterocycles. The summed E-state index contributed by atoms with van der Waals surface area (Å²) in [5, 5.41) is 2.86. The number of anilines is 2. The van der Waals surface area contributed by atoms with Crippen LogP contribution in [-0.2, 0) is 16.6 Å². The molecule has 0 fully saturated rings. The van der Waals surface area contributed by atoms with E-state index in [9.17, 15) is 13.2 Å². The number of nitrogens with zero attached hydrogens (tertiary/aromatic N) is 2. The van der Waals surface area contributed by atoms with E-state index < -0.39 is 10.0 Å². The molecule has 1 N–H and O–H groups in total. The molecule has 0 unspecified atom stereocenters. The minimum atomic E-state index is -3.82. The number of carbonyl (C=O) groups is 1. The van der Waals surface area contributed by atoms with Crippen LogP contribution in [0.15, 0.2) is 77.7 Å². The van der Waals surface area contributed by atoms with Gasteiger partial charge < -0.3 is 15.0 Å². The molecule has 0 saturated heterocycles. The Morgan fingerprint density at radius 3 is 2.12 bits per heavy atom. The first-order chi connectivity index (χ1) is 15.2. The van der Waals surface area contributed by atoms with Crippen molar-refractivity contribution in [1.82, 2.24) is 5.32 Å². The Morgan fingerprint density at radius 1 is 0.906 bits per heavy atom. The molecule has 0 bridgehead atoms. The van der Waals surface area contributed by atoms with E-state index in [1.807, 2.05) is 43.3 Å². The molecule has 0 heterocycles. The summed E-state index contributed by atoms with van der Waals surface area (Å²) in [6.07, 6.45) is 0. The lowest BCUT2D eigenvalue weighted by Crippen LogP contribution is -2.27. The van der Waals surface area contributed by atoms with Gasteiger partial charge in [0.1, 0.15) is 5.75 Å². The molecule has 0 spiro atoms. The van der Waals surface area contributed by atoms with Crippen molar-refractivity contribution in [1.29, 1.82) is 0 Å².